The second-order valence-electron chi connectivity index (χ2n) is 6.46. The molecule has 1 aliphatic heterocycles. The molecular formula is C19H19N5O3S. The molecule has 4 rings (SSSR count). The third-order valence-corrected chi connectivity index (χ3v) is 5.87. The molecule has 8 nitrogen and oxygen atoms in total. The number of nitrogens with one attached hydrogen (secondary N) is 2. The normalized spacial score (nSPS) is 16.6. The second-order valence-corrected chi connectivity index (χ2v) is 8.23. The molecule has 0 saturated heterocycles. The molecule has 0 saturated carbocycles. The molecular weight excluding hydrogens is 378 g/mol. The number of hydrogen-bond donors (Lipinski definition) is 2. The van der Waals surface area contributed by atoms with Gasteiger partial charge in [-0.05, 0) is 24.6 Å². The van der Waals surface area contributed by atoms with Crippen LogP contribution in [0.1, 0.15) is 28.8 Å². The van der Waals surface area contributed by atoms with Crippen LogP contribution in [0, 0.1) is 6.92 Å². The van der Waals surface area contributed by atoms with Gasteiger partial charge in [-0.2, -0.15) is 5.10 Å². The van der Waals surface area contributed by atoms with Gasteiger partial charge in [0.15, 0.2) is 0 Å². The minimum absolute atomic E-state index is 0.00116. The maximum Gasteiger partial charge on any atom is 0.264 e. The molecule has 0 radical (unpaired) electrons. The van der Waals surface area contributed by atoms with Gasteiger partial charge >= 0.3 is 0 Å². The lowest BCUT2D eigenvalue weighted by Crippen LogP contribution is -2.23. The number of nitrogens with zero attached hydrogens (tertiary/aromatic N) is 3. The summed E-state index contributed by atoms with van der Waals surface area (Å²) in [5, 5.41) is 12.3. The summed E-state index contributed by atoms with van der Waals surface area (Å²) < 4.78 is 32.9. The Labute approximate surface area is 162 Å². The molecule has 0 aliphatic carbocycles. The molecule has 0 amide bonds. The van der Waals surface area contributed by atoms with Crippen molar-refractivity contribution in [2.45, 2.75) is 24.3 Å². The Balaban J connectivity index is 1.47. The van der Waals surface area contributed by atoms with Gasteiger partial charge in [-0.3, -0.25) is 0 Å². The van der Waals surface area contributed by atoms with E-state index in [4.69, 9.17) is 4.42 Å². The first-order chi connectivity index (χ1) is 13.5. The van der Waals surface area contributed by atoms with Crippen molar-refractivity contribution >= 4 is 15.7 Å². The van der Waals surface area contributed by atoms with Gasteiger partial charge in [-0.25, -0.2) is 13.1 Å². The van der Waals surface area contributed by atoms with Crippen molar-refractivity contribution < 1.29 is 12.8 Å². The topological polar surface area (TPSA) is 109 Å². The fourth-order valence-electron chi connectivity index (χ4n) is 2.94. The van der Waals surface area contributed by atoms with E-state index in [2.05, 4.69) is 25.4 Å². The van der Waals surface area contributed by atoms with Crippen LogP contribution >= 0.6 is 0 Å². The van der Waals surface area contributed by atoms with Crippen LogP contribution in [0.25, 0.3) is 0 Å². The van der Waals surface area contributed by atoms with Crippen LogP contribution in [0.4, 0.5) is 0 Å². The summed E-state index contributed by atoms with van der Waals surface area (Å²) in [7, 11) is -3.66. The minimum atomic E-state index is -3.66. The van der Waals surface area contributed by atoms with E-state index in [0.29, 0.717) is 12.3 Å². The third-order valence-electron chi connectivity index (χ3n) is 4.46. The van der Waals surface area contributed by atoms with Crippen molar-refractivity contribution in [1.82, 2.24) is 20.3 Å². The fraction of sp³-hybridized carbons (Fsp3) is 0.211. The summed E-state index contributed by atoms with van der Waals surface area (Å²) in [5.74, 6) is 0.453. The average Bonchev–Trinajstić information content (AvgIpc) is 3.37. The molecule has 0 spiro atoms. The van der Waals surface area contributed by atoms with E-state index >= 15 is 0 Å². The van der Waals surface area contributed by atoms with Crippen molar-refractivity contribution in [3.8, 4) is 0 Å². The third kappa shape index (κ3) is 3.80. The molecule has 0 bridgehead atoms. The molecule has 2 N–H and O–H groups in total. The SMILES string of the molecule is Cc1ccc(S(=O)(=O)NCc2nnc(C3=NNCC3c3ccccc3)o2)cc1. The summed E-state index contributed by atoms with van der Waals surface area (Å²) >= 11 is 0. The molecule has 2 heterocycles. The van der Waals surface area contributed by atoms with Gasteiger partial charge in [0.1, 0.15) is 5.71 Å². The van der Waals surface area contributed by atoms with Gasteiger partial charge in [0.05, 0.1) is 17.4 Å². The highest BCUT2D eigenvalue weighted by Crippen LogP contribution is 2.24. The van der Waals surface area contributed by atoms with E-state index < -0.39 is 10.0 Å². The van der Waals surface area contributed by atoms with Crippen molar-refractivity contribution in [2.24, 2.45) is 5.10 Å². The lowest BCUT2D eigenvalue weighted by molar-refractivity contribution is 0.475. The number of hydrogen-bond acceptors (Lipinski definition) is 7. The van der Waals surface area contributed by atoms with E-state index in [1.165, 1.54) is 0 Å². The smallest absolute Gasteiger partial charge is 0.264 e. The maximum atomic E-state index is 12.4. The minimum Gasteiger partial charge on any atom is -0.418 e. The van der Waals surface area contributed by atoms with Crippen molar-refractivity contribution in [3.63, 3.8) is 0 Å². The summed E-state index contributed by atoms with van der Waals surface area (Å²) in [6.07, 6.45) is 0. The van der Waals surface area contributed by atoms with Crippen molar-refractivity contribution in [2.75, 3.05) is 6.54 Å². The number of aromatic nitrogens is 2. The number of rotatable bonds is 6. The monoisotopic (exact) mass is 397 g/mol. The highest BCUT2D eigenvalue weighted by Gasteiger charge is 2.28. The molecule has 1 aliphatic rings. The number of benzene rings is 2. The predicted octanol–water partition coefficient (Wildman–Crippen LogP) is 1.95. The van der Waals surface area contributed by atoms with Crippen molar-refractivity contribution in [1.29, 1.82) is 0 Å². The molecule has 9 heteroatoms. The van der Waals surface area contributed by atoms with Crippen LogP contribution in [0.3, 0.4) is 0 Å². The number of aryl methyl sites for hydroxylation is 1. The molecule has 1 aromatic heterocycles. The highest BCUT2D eigenvalue weighted by molar-refractivity contribution is 7.89. The van der Waals surface area contributed by atoms with E-state index in [0.717, 1.165) is 11.1 Å². The molecule has 0 fully saturated rings. The van der Waals surface area contributed by atoms with E-state index in [1.807, 2.05) is 37.3 Å². The van der Waals surface area contributed by atoms with Crippen molar-refractivity contribution in [3.05, 3.63) is 77.5 Å². The second kappa shape index (κ2) is 7.53. The zero-order chi connectivity index (χ0) is 19.6. The Morgan fingerprint density at radius 1 is 1.11 bits per heavy atom. The Morgan fingerprint density at radius 2 is 1.86 bits per heavy atom. The Bertz CT molecular complexity index is 1090. The van der Waals surface area contributed by atoms with Gasteiger partial charge in [-0.15, -0.1) is 10.2 Å². The lowest BCUT2D eigenvalue weighted by atomic mass is 9.95. The van der Waals surface area contributed by atoms with Crippen LogP contribution in [0.5, 0.6) is 0 Å². The summed E-state index contributed by atoms with van der Waals surface area (Å²) in [6.45, 7) is 2.43. The standard InChI is InChI=1S/C19H19N5O3S/c1-13-7-9-15(10-8-13)28(25,26)21-12-17-22-24-19(27-17)18-16(11-20-23-18)14-5-3-2-4-6-14/h2-10,16,20-21H,11-12H2,1H3. The first-order valence-corrected chi connectivity index (χ1v) is 10.3. The van der Waals surface area contributed by atoms with E-state index in [9.17, 15) is 8.42 Å². The fourth-order valence-corrected chi connectivity index (χ4v) is 3.92. The Hall–Kier alpha value is -3.04. The van der Waals surface area contributed by atoms with E-state index in [1.54, 1.807) is 24.3 Å². The molecule has 1 atom stereocenters. The first kappa shape index (κ1) is 18.3. The van der Waals surface area contributed by atoms with Crippen LogP contribution in [-0.2, 0) is 16.6 Å². The molecule has 3 aromatic rings. The first-order valence-electron chi connectivity index (χ1n) is 8.77. The predicted molar refractivity (Wildman–Crippen MR) is 103 cm³/mol. The zero-order valence-electron chi connectivity index (χ0n) is 15.2. The van der Waals surface area contributed by atoms with Crippen LogP contribution in [0.2, 0.25) is 0 Å². The van der Waals surface area contributed by atoms with Crippen LogP contribution in [-0.4, -0.2) is 30.9 Å². The van der Waals surface area contributed by atoms with Gasteiger partial charge in [-0.1, -0.05) is 48.0 Å². The summed E-state index contributed by atoms with van der Waals surface area (Å²) in [4.78, 5) is 0.186. The number of sulfonamides is 1. The van der Waals surface area contributed by atoms with Gasteiger partial charge < -0.3 is 9.84 Å². The Kier molecular flexibility index (Phi) is 4.93. The number of hydrazone groups is 1. The maximum absolute atomic E-state index is 12.4. The summed E-state index contributed by atoms with van der Waals surface area (Å²) in [5.41, 5.74) is 5.68. The van der Waals surface area contributed by atoms with Gasteiger partial charge in [0.25, 0.3) is 5.89 Å². The molecule has 144 valence electrons. The largest absolute Gasteiger partial charge is 0.418 e. The zero-order valence-corrected chi connectivity index (χ0v) is 16.0. The van der Waals surface area contributed by atoms with Gasteiger partial charge in [0.2, 0.25) is 15.9 Å². The highest BCUT2D eigenvalue weighted by atomic mass is 32.2. The lowest BCUT2D eigenvalue weighted by Gasteiger charge is -2.09. The quantitative estimate of drug-likeness (QED) is 0.658. The molecule has 28 heavy (non-hydrogen) atoms. The van der Waals surface area contributed by atoms with Crippen LogP contribution in [0.15, 0.2) is 69.0 Å². The Morgan fingerprint density at radius 3 is 2.61 bits per heavy atom. The van der Waals surface area contributed by atoms with Gasteiger partial charge in [0, 0.05) is 6.54 Å². The molecule has 2 aromatic carbocycles. The van der Waals surface area contributed by atoms with E-state index in [-0.39, 0.29) is 29.1 Å². The molecule has 1 unspecified atom stereocenters. The average molecular weight is 397 g/mol. The van der Waals surface area contributed by atoms with Crippen LogP contribution < -0.4 is 10.1 Å². The summed E-state index contributed by atoms with van der Waals surface area (Å²) in [6, 6.07) is 16.5.